The summed E-state index contributed by atoms with van der Waals surface area (Å²) in [5, 5.41) is 1.03. The van der Waals surface area contributed by atoms with E-state index in [2.05, 4.69) is 9.97 Å². The zero-order valence-corrected chi connectivity index (χ0v) is 8.24. The minimum Gasteiger partial charge on any atom is -0.305 e. The number of aromatic nitrogens is 2. The Bertz CT molecular complexity index is 514. The number of rotatable bonds is 1. The minimum absolute atomic E-state index is 0.266. The van der Waals surface area contributed by atoms with Crippen LogP contribution in [0.15, 0.2) is 29.1 Å². The molecule has 0 aliphatic carbocycles. The Kier molecular flexibility index (Phi) is 2.08. The molecule has 3 heteroatoms. The molecule has 1 aromatic carbocycles. The fourth-order valence-corrected chi connectivity index (χ4v) is 1.57. The molecule has 0 fully saturated rings. The summed E-state index contributed by atoms with van der Waals surface area (Å²) in [6.07, 6.45) is 0. The van der Waals surface area contributed by atoms with Crippen molar-refractivity contribution in [1.82, 2.24) is 9.97 Å². The van der Waals surface area contributed by atoms with Gasteiger partial charge in [0.2, 0.25) is 0 Å². The van der Waals surface area contributed by atoms with Crippen LogP contribution in [0, 0.1) is 0 Å². The van der Waals surface area contributed by atoms with Crippen LogP contribution in [0.3, 0.4) is 0 Å². The third-order valence-electron chi connectivity index (χ3n) is 2.21. The molecule has 0 aliphatic heterocycles. The van der Waals surface area contributed by atoms with Gasteiger partial charge in [-0.05, 0) is 12.0 Å². The number of para-hydroxylation sites is 1. The van der Waals surface area contributed by atoms with Gasteiger partial charge in [-0.25, -0.2) is 4.79 Å². The predicted molar refractivity (Wildman–Crippen MR) is 56.5 cm³/mol. The molecule has 2 rings (SSSR count). The number of hydrogen-bond acceptors (Lipinski definition) is 2. The highest BCUT2D eigenvalue weighted by molar-refractivity contribution is 5.80. The molecule has 0 radical (unpaired) electrons. The first-order valence-corrected chi connectivity index (χ1v) is 4.67. The maximum Gasteiger partial charge on any atom is 0.345 e. The first kappa shape index (κ1) is 8.94. The molecule has 0 amide bonds. The maximum atomic E-state index is 11.2. The average Bonchev–Trinajstić information content (AvgIpc) is 2.16. The fraction of sp³-hybridized carbons (Fsp3) is 0.273. The summed E-state index contributed by atoms with van der Waals surface area (Å²) >= 11 is 0. The summed E-state index contributed by atoms with van der Waals surface area (Å²) in [4.78, 5) is 18.0. The van der Waals surface area contributed by atoms with Gasteiger partial charge < -0.3 is 4.98 Å². The summed E-state index contributed by atoms with van der Waals surface area (Å²) in [6, 6.07) is 7.73. The van der Waals surface area contributed by atoms with Crippen LogP contribution in [-0.4, -0.2) is 9.97 Å². The lowest BCUT2D eigenvalue weighted by Crippen LogP contribution is -2.13. The monoisotopic (exact) mass is 188 g/mol. The van der Waals surface area contributed by atoms with Gasteiger partial charge in [0.25, 0.3) is 0 Å². The molecule has 0 saturated carbocycles. The molecule has 2 aromatic rings. The normalized spacial score (nSPS) is 11.1. The molecule has 72 valence electrons. The Morgan fingerprint density at radius 1 is 1.29 bits per heavy atom. The van der Waals surface area contributed by atoms with E-state index in [-0.39, 0.29) is 11.6 Å². The van der Waals surface area contributed by atoms with Crippen molar-refractivity contribution in [2.24, 2.45) is 0 Å². The first-order chi connectivity index (χ1) is 6.68. The van der Waals surface area contributed by atoms with E-state index in [4.69, 9.17) is 0 Å². The topological polar surface area (TPSA) is 45.8 Å². The van der Waals surface area contributed by atoms with E-state index < -0.39 is 0 Å². The zero-order chi connectivity index (χ0) is 10.1. The van der Waals surface area contributed by atoms with Gasteiger partial charge in [0.1, 0.15) is 0 Å². The molecule has 3 nitrogen and oxygen atoms in total. The molecule has 1 N–H and O–H groups in total. The molecular formula is C11H12N2O. The van der Waals surface area contributed by atoms with Crippen LogP contribution in [0.25, 0.3) is 10.9 Å². The molecule has 0 atom stereocenters. The quantitative estimate of drug-likeness (QED) is 0.744. The van der Waals surface area contributed by atoms with Gasteiger partial charge in [-0.1, -0.05) is 32.0 Å². The second kappa shape index (κ2) is 3.25. The second-order valence-corrected chi connectivity index (χ2v) is 3.63. The summed E-state index contributed by atoms with van der Waals surface area (Å²) in [5.41, 5.74) is 1.45. The SMILES string of the molecule is CC(C)c1nc(=O)[nH]c2ccccc12. The number of fused-ring (bicyclic) bond motifs is 1. The van der Waals surface area contributed by atoms with E-state index in [9.17, 15) is 4.79 Å². The smallest absolute Gasteiger partial charge is 0.305 e. The standard InChI is InChI=1S/C11H12N2O/c1-7(2)10-8-5-3-4-6-9(8)12-11(14)13-10/h3-7H,1-2H3,(H,12,13,14). The van der Waals surface area contributed by atoms with Crippen molar-refractivity contribution >= 4 is 10.9 Å². The Morgan fingerprint density at radius 3 is 2.71 bits per heavy atom. The minimum atomic E-state index is -0.271. The molecule has 0 aliphatic rings. The number of nitrogens with zero attached hydrogens (tertiary/aromatic N) is 1. The average molecular weight is 188 g/mol. The highest BCUT2D eigenvalue weighted by Crippen LogP contribution is 2.19. The van der Waals surface area contributed by atoms with Crippen LogP contribution in [-0.2, 0) is 0 Å². The van der Waals surface area contributed by atoms with E-state index in [0.717, 1.165) is 16.6 Å². The van der Waals surface area contributed by atoms with Crippen molar-refractivity contribution in [2.45, 2.75) is 19.8 Å². The Balaban J connectivity index is 2.87. The van der Waals surface area contributed by atoms with Crippen LogP contribution in [0.1, 0.15) is 25.5 Å². The molecule has 0 saturated heterocycles. The van der Waals surface area contributed by atoms with Crippen molar-refractivity contribution in [1.29, 1.82) is 0 Å². The van der Waals surface area contributed by atoms with Crippen molar-refractivity contribution in [2.75, 3.05) is 0 Å². The van der Waals surface area contributed by atoms with Gasteiger partial charge >= 0.3 is 5.69 Å². The Morgan fingerprint density at radius 2 is 2.00 bits per heavy atom. The third kappa shape index (κ3) is 1.41. The van der Waals surface area contributed by atoms with Crippen LogP contribution < -0.4 is 5.69 Å². The van der Waals surface area contributed by atoms with E-state index in [0.29, 0.717) is 0 Å². The van der Waals surface area contributed by atoms with Crippen molar-refractivity contribution in [3.8, 4) is 0 Å². The summed E-state index contributed by atoms with van der Waals surface area (Å²) in [6.45, 7) is 4.07. The lowest BCUT2D eigenvalue weighted by molar-refractivity contribution is 0.818. The zero-order valence-electron chi connectivity index (χ0n) is 8.24. The second-order valence-electron chi connectivity index (χ2n) is 3.63. The molecule has 0 unspecified atom stereocenters. The Labute approximate surface area is 81.8 Å². The van der Waals surface area contributed by atoms with Gasteiger partial charge in [-0.3, -0.25) is 0 Å². The molecule has 0 spiro atoms. The van der Waals surface area contributed by atoms with Crippen LogP contribution in [0.4, 0.5) is 0 Å². The van der Waals surface area contributed by atoms with E-state index in [1.807, 2.05) is 38.1 Å². The molecule has 1 heterocycles. The summed E-state index contributed by atoms with van der Waals surface area (Å²) < 4.78 is 0. The molecule has 14 heavy (non-hydrogen) atoms. The molecule has 0 bridgehead atoms. The molecular weight excluding hydrogens is 176 g/mol. The number of H-pyrrole nitrogens is 1. The largest absolute Gasteiger partial charge is 0.345 e. The van der Waals surface area contributed by atoms with Gasteiger partial charge in [-0.2, -0.15) is 4.98 Å². The van der Waals surface area contributed by atoms with E-state index in [1.165, 1.54) is 0 Å². The lowest BCUT2D eigenvalue weighted by Gasteiger charge is -2.06. The predicted octanol–water partition coefficient (Wildman–Crippen LogP) is 2.05. The highest BCUT2D eigenvalue weighted by atomic mass is 16.1. The first-order valence-electron chi connectivity index (χ1n) is 4.67. The number of hydrogen-bond donors (Lipinski definition) is 1. The summed E-state index contributed by atoms with van der Waals surface area (Å²) in [5.74, 6) is 0.266. The number of aromatic amines is 1. The van der Waals surface area contributed by atoms with Crippen LogP contribution in [0.5, 0.6) is 0 Å². The van der Waals surface area contributed by atoms with Crippen molar-refractivity contribution in [3.63, 3.8) is 0 Å². The van der Waals surface area contributed by atoms with Crippen LogP contribution in [0.2, 0.25) is 0 Å². The van der Waals surface area contributed by atoms with E-state index >= 15 is 0 Å². The van der Waals surface area contributed by atoms with Crippen molar-refractivity contribution < 1.29 is 0 Å². The van der Waals surface area contributed by atoms with Crippen LogP contribution >= 0.6 is 0 Å². The van der Waals surface area contributed by atoms with Gasteiger partial charge in [0.05, 0.1) is 11.2 Å². The fourth-order valence-electron chi connectivity index (χ4n) is 1.57. The summed E-state index contributed by atoms with van der Waals surface area (Å²) in [7, 11) is 0. The van der Waals surface area contributed by atoms with Gasteiger partial charge in [-0.15, -0.1) is 0 Å². The lowest BCUT2D eigenvalue weighted by atomic mass is 10.1. The van der Waals surface area contributed by atoms with Crippen molar-refractivity contribution in [3.05, 3.63) is 40.4 Å². The van der Waals surface area contributed by atoms with Gasteiger partial charge in [0.15, 0.2) is 0 Å². The number of nitrogens with one attached hydrogen (secondary N) is 1. The number of benzene rings is 1. The van der Waals surface area contributed by atoms with E-state index in [1.54, 1.807) is 0 Å². The Hall–Kier alpha value is -1.64. The van der Waals surface area contributed by atoms with Gasteiger partial charge in [0, 0.05) is 5.39 Å². The maximum absolute atomic E-state index is 11.2. The third-order valence-corrected chi connectivity index (χ3v) is 2.21. The highest BCUT2D eigenvalue weighted by Gasteiger charge is 2.07. The molecule has 1 aromatic heterocycles.